The van der Waals surface area contributed by atoms with Gasteiger partial charge in [0.1, 0.15) is 18.2 Å². The largest absolute Gasteiger partial charge is 0.480 e. The maximum absolute atomic E-state index is 13.2. The van der Waals surface area contributed by atoms with Crippen molar-refractivity contribution in [3.8, 4) is 11.1 Å². The van der Waals surface area contributed by atoms with Crippen molar-refractivity contribution in [1.82, 2.24) is 10.2 Å². The smallest absolute Gasteiger partial charge is 0.407 e. The number of aliphatic carboxylic acids is 1. The molecule has 1 aliphatic heterocycles. The Morgan fingerprint density at radius 1 is 1.12 bits per heavy atom. The summed E-state index contributed by atoms with van der Waals surface area (Å²) in [4.78, 5) is 39.1. The molecular weight excluding hydrogens is 436 g/mol. The predicted octanol–water partition coefficient (Wildman–Crippen LogP) is 3.39. The van der Waals surface area contributed by atoms with Gasteiger partial charge < -0.3 is 24.8 Å². The van der Waals surface area contributed by atoms with Gasteiger partial charge in [0.15, 0.2) is 0 Å². The number of hydrogen-bond acceptors (Lipinski definition) is 5. The van der Waals surface area contributed by atoms with E-state index in [-0.39, 0.29) is 31.6 Å². The number of rotatable bonds is 7. The molecule has 8 nitrogen and oxygen atoms in total. The van der Waals surface area contributed by atoms with Crippen LogP contribution in [0, 0.1) is 0 Å². The van der Waals surface area contributed by atoms with E-state index in [0.29, 0.717) is 6.42 Å². The molecule has 0 aromatic heterocycles. The summed E-state index contributed by atoms with van der Waals surface area (Å²) in [6.07, 6.45) is -0.600. The topological polar surface area (TPSA) is 105 Å². The summed E-state index contributed by atoms with van der Waals surface area (Å²) >= 11 is 0. The van der Waals surface area contributed by atoms with E-state index in [1.807, 2.05) is 36.4 Å². The van der Waals surface area contributed by atoms with E-state index >= 15 is 0 Å². The van der Waals surface area contributed by atoms with Gasteiger partial charge >= 0.3 is 12.1 Å². The van der Waals surface area contributed by atoms with Crippen molar-refractivity contribution < 1.29 is 29.0 Å². The molecule has 180 valence electrons. The molecule has 0 spiro atoms. The lowest BCUT2D eigenvalue weighted by molar-refractivity contribution is -0.156. The van der Waals surface area contributed by atoms with Gasteiger partial charge in [-0.1, -0.05) is 55.5 Å². The van der Waals surface area contributed by atoms with Crippen LogP contribution in [0.15, 0.2) is 48.5 Å². The Labute approximate surface area is 198 Å². The zero-order valence-electron chi connectivity index (χ0n) is 19.6. The first kappa shape index (κ1) is 23.8. The number of carboxylic acids is 1. The van der Waals surface area contributed by atoms with Crippen LogP contribution in [0.25, 0.3) is 11.1 Å². The maximum atomic E-state index is 13.2. The van der Waals surface area contributed by atoms with Crippen molar-refractivity contribution in [3.05, 3.63) is 59.7 Å². The standard InChI is InChI=1S/C26H30N2O6/c1-4-22(23(29)28-14-16(33-3)13-26(28,2)24(30)31)27-25(32)34-15-21-19-11-7-5-9-17(19)18-10-6-8-12-20(18)21/h5-12,16,21-22H,4,13-15H2,1-3H3,(H,27,32)(H,30,31)/t16?,22-,26?/m1/s1. The highest BCUT2D eigenvalue weighted by Crippen LogP contribution is 2.44. The number of carbonyl (C=O) groups excluding carboxylic acids is 2. The summed E-state index contributed by atoms with van der Waals surface area (Å²) in [7, 11) is 1.49. The van der Waals surface area contributed by atoms with Crippen molar-refractivity contribution in [2.24, 2.45) is 0 Å². The molecule has 0 saturated carbocycles. The van der Waals surface area contributed by atoms with Crippen LogP contribution in [0.4, 0.5) is 4.79 Å². The monoisotopic (exact) mass is 466 g/mol. The molecule has 2 aromatic carbocycles. The Bertz CT molecular complexity index is 1060. The number of amides is 2. The minimum absolute atomic E-state index is 0.0923. The van der Waals surface area contributed by atoms with Crippen LogP contribution in [0.3, 0.4) is 0 Å². The quantitative estimate of drug-likeness (QED) is 0.648. The molecule has 0 bridgehead atoms. The van der Waals surface area contributed by atoms with Gasteiger partial charge in [-0.3, -0.25) is 4.79 Å². The van der Waals surface area contributed by atoms with Crippen LogP contribution < -0.4 is 5.32 Å². The number of fused-ring (bicyclic) bond motifs is 3. The Balaban J connectivity index is 1.43. The molecule has 1 fully saturated rings. The summed E-state index contributed by atoms with van der Waals surface area (Å²) in [5.74, 6) is -1.65. The number of likely N-dealkylation sites (tertiary alicyclic amines) is 1. The third-order valence-corrected chi connectivity index (χ3v) is 7.01. The molecule has 2 aliphatic rings. The molecule has 2 amide bonds. The number of hydrogen-bond donors (Lipinski definition) is 2. The summed E-state index contributed by atoms with van der Waals surface area (Å²) in [5, 5.41) is 12.4. The molecule has 2 aromatic rings. The number of nitrogens with zero attached hydrogens (tertiary/aromatic N) is 1. The van der Waals surface area contributed by atoms with Crippen molar-refractivity contribution in [2.75, 3.05) is 20.3 Å². The minimum Gasteiger partial charge on any atom is -0.480 e. The molecule has 1 heterocycles. The summed E-state index contributed by atoms with van der Waals surface area (Å²) in [6, 6.07) is 15.2. The van der Waals surface area contributed by atoms with Crippen molar-refractivity contribution in [1.29, 1.82) is 0 Å². The third kappa shape index (κ3) is 4.14. The van der Waals surface area contributed by atoms with E-state index in [4.69, 9.17) is 9.47 Å². The van der Waals surface area contributed by atoms with E-state index in [2.05, 4.69) is 17.4 Å². The average molecular weight is 467 g/mol. The fourth-order valence-electron chi connectivity index (χ4n) is 5.03. The lowest BCUT2D eigenvalue weighted by Crippen LogP contribution is -2.57. The van der Waals surface area contributed by atoms with Crippen molar-refractivity contribution in [2.45, 2.75) is 50.3 Å². The van der Waals surface area contributed by atoms with Crippen molar-refractivity contribution >= 4 is 18.0 Å². The van der Waals surface area contributed by atoms with Gasteiger partial charge in [-0.2, -0.15) is 0 Å². The van der Waals surface area contributed by atoms with Crippen LogP contribution in [-0.2, 0) is 19.1 Å². The third-order valence-electron chi connectivity index (χ3n) is 7.01. The summed E-state index contributed by atoms with van der Waals surface area (Å²) in [6.45, 7) is 3.55. The highest BCUT2D eigenvalue weighted by molar-refractivity contribution is 5.92. The predicted molar refractivity (Wildman–Crippen MR) is 125 cm³/mol. The first-order valence-corrected chi connectivity index (χ1v) is 11.5. The summed E-state index contributed by atoms with van der Waals surface area (Å²) in [5.41, 5.74) is 3.06. The number of alkyl carbamates (subject to hydrolysis) is 1. The van der Waals surface area contributed by atoms with Crippen molar-refractivity contribution in [3.63, 3.8) is 0 Å². The Morgan fingerprint density at radius 3 is 2.24 bits per heavy atom. The number of carbonyl (C=O) groups is 3. The minimum atomic E-state index is -1.39. The van der Waals surface area contributed by atoms with Gasteiger partial charge in [0.05, 0.1) is 6.10 Å². The summed E-state index contributed by atoms with van der Waals surface area (Å²) < 4.78 is 10.9. The normalized spacial score (nSPS) is 22.1. The first-order chi connectivity index (χ1) is 16.3. The molecular formula is C26H30N2O6. The van der Waals surface area contributed by atoms with E-state index in [1.54, 1.807) is 6.92 Å². The Morgan fingerprint density at radius 2 is 1.71 bits per heavy atom. The van der Waals surface area contributed by atoms with Crippen LogP contribution in [0.5, 0.6) is 0 Å². The second-order valence-corrected chi connectivity index (χ2v) is 9.02. The Kier molecular flexibility index (Phi) is 6.61. The molecule has 2 N–H and O–H groups in total. The van der Waals surface area contributed by atoms with E-state index < -0.39 is 29.6 Å². The lowest BCUT2D eigenvalue weighted by atomic mass is 9.97. The second-order valence-electron chi connectivity index (χ2n) is 9.02. The number of carboxylic acid groups (broad SMARTS) is 1. The first-order valence-electron chi connectivity index (χ1n) is 11.5. The van der Waals surface area contributed by atoms with Gasteiger partial charge in [-0.15, -0.1) is 0 Å². The number of methoxy groups -OCH3 is 1. The van der Waals surface area contributed by atoms with Crippen LogP contribution in [-0.4, -0.2) is 65.9 Å². The van der Waals surface area contributed by atoms with E-state index in [9.17, 15) is 19.5 Å². The fraction of sp³-hybridized carbons (Fsp3) is 0.423. The molecule has 8 heteroatoms. The van der Waals surface area contributed by atoms with E-state index in [1.165, 1.54) is 18.9 Å². The molecule has 2 unspecified atom stereocenters. The van der Waals surface area contributed by atoms with Gasteiger partial charge in [-0.05, 0) is 35.6 Å². The molecule has 0 radical (unpaired) electrons. The van der Waals surface area contributed by atoms with E-state index in [0.717, 1.165) is 22.3 Å². The number of nitrogens with one attached hydrogen (secondary N) is 1. The molecule has 1 aliphatic carbocycles. The fourth-order valence-corrected chi connectivity index (χ4v) is 5.03. The second kappa shape index (κ2) is 9.46. The van der Waals surface area contributed by atoms with Gasteiger partial charge in [-0.25, -0.2) is 9.59 Å². The number of benzene rings is 2. The highest BCUT2D eigenvalue weighted by Gasteiger charge is 2.51. The molecule has 4 rings (SSSR count). The van der Waals surface area contributed by atoms with Gasteiger partial charge in [0.2, 0.25) is 5.91 Å². The zero-order chi connectivity index (χ0) is 24.5. The molecule has 3 atom stereocenters. The lowest BCUT2D eigenvalue weighted by Gasteiger charge is -2.33. The van der Waals surface area contributed by atoms with Gasteiger partial charge in [0, 0.05) is 26.0 Å². The van der Waals surface area contributed by atoms with Crippen LogP contribution in [0.1, 0.15) is 43.7 Å². The average Bonchev–Trinajstić information content (AvgIpc) is 3.36. The highest BCUT2D eigenvalue weighted by atomic mass is 16.5. The molecule has 1 saturated heterocycles. The van der Waals surface area contributed by atoms with Crippen LogP contribution >= 0.6 is 0 Å². The van der Waals surface area contributed by atoms with Gasteiger partial charge in [0.25, 0.3) is 0 Å². The number of ether oxygens (including phenoxy) is 2. The van der Waals surface area contributed by atoms with Crippen LogP contribution in [0.2, 0.25) is 0 Å². The zero-order valence-corrected chi connectivity index (χ0v) is 19.6. The SMILES string of the molecule is CC[C@@H](NC(=O)OCC1c2ccccc2-c2ccccc21)C(=O)N1CC(OC)CC1(C)C(=O)O. The maximum Gasteiger partial charge on any atom is 0.407 e. The Hall–Kier alpha value is -3.39. The molecule has 34 heavy (non-hydrogen) atoms.